The van der Waals surface area contributed by atoms with Gasteiger partial charge in [0.2, 0.25) is 39.9 Å². The van der Waals surface area contributed by atoms with Gasteiger partial charge in [0, 0.05) is 6.07 Å². The third-order valence-electron chi connectivity index (χ3n) is 18.5. The summed E-state index contributed by atoms with van der Waals surface area (Å²) in [6.45, 7) is 10.8. The second-order valence-corrected chi connectivity index (χ2v) is 27.2. The zero-order valence-electron chi connectivity index (χ0n) is 65.1. The van der Waals surface area contributed by atoms with Crippen LogP contribution >= 0.6 is 0 Å². The molecule has 0 aliphatic heterocycles. The molecule has 0 heterocycles. The number of carbonyl (C=O) groups excluding carboxylic acids is 6. The summed E-state index contributed by atoms with van der Waals surface area (Å²) in [6, 6.07) is 15.5. The molecule has 0 saturated heterocycles. The van der Waals surface area contributed by atoms with Gasteiger partial charge in [-0.05, 0) is 135 Å². The van der Waals surface area contributed by atoms with Gasteiger partial charge in [0.1, 0.15) is 108 Å². The smallest absolute Gasteiger partial charge is 0.411 e. The molecule has 0 bridgehead atoms. The van der Waals surface area contributed by atoms with Crippen LogP contribution < -0.4 is 28.4 Å². The highest BCUT2D eigenvalue weighted by Crippen LogP contribution is 2.58. The number of ether oxygens (including phenoxy) is 12. The molecule has 0 aliphatic carbocycles. The van der Waals surface area contributed by atoms with Gasteiger partial charge in [-0.2, -0.15) is 61.5 Å². The van der Waals surface area contributed by atoms with Gasteiger partial charge in [0.15, 0.2) is 17.4 Å². The first-order chi connectivity index (χ1) is 55.3. The summed E-state index contributed by atoms with van der Waals surface area (Å²) in [5, 5.41) is 0. The predicted octanol–water partition coefficient (Wildman–Crippen LogP) is 18.7. The van der Waals surface area contributed by atoms with Crippen LogP contribution in [0.25, 0.3) is 0 Å². The fourth-order valence-electron chi connectivity index (χ4n) is 11.5. The Balaban J connectivity index is 0.000000421. The Morgan fingerprint density at radius 3 is 0.881 bits per heavy atom. The lowest BCUT2D eigenvalue weighted by Crippen LogP contribution is -2.54. The summed E-state index contributed by atoms with van der Waals surface area (Å²) in [5.74, 6) is -22.5. The van der Waals surface area contributed by atoms with Crippen molar-refractivity contribution in [2.45, 2.75) is 136 Å². The van der Waals surface area contributed by atoms with E-state index in [0.29, 0.717) is 61.4 Å². The Kier molecular flexibility index (Phi) is 36.5. The van der Waals surface area contributed by atoms with Gasteiger partial charge in [-0.1, -0.05) is 97.0 Å². The maximum atomic E-state index is 14.6. The van der Waals surface area contributed by atoms with Crippen molar-refractivity contribution >= 4 is 35.8 Å². The monoisotopic (exact) mass is 1710 g/mol. The predicted molar refractivity (Wildman–Crippen MR) is 382 cm³/mol. The average molecular weight is 1710 g/mol. The van der Waals surface area contributed by atoms with Crippen LogP contribution in [0.2, 0.25) is 0 Å². The molecule has 0 aromatic heterocycles. The van der Waals surface area contributed by atoms with Gasteiger partial charge in [-0.15, -0.1) is 0 Å². The molecule has 6 rings (SSSR count). The molecule has 5 atom stereocenters. The molecular weight excluding hydrogens is 1620 g/mol. The van der Waals surface area contributed by atoms with E-state index in [2.05, 4.69) is 4.74 Å². The minimum Gasteiger partial charge on any atom is -0.490 e. The van der Waals surface area contributed by atoms with Crippen molar-refractivity contribution in [2.24, 2.45) is 35.0 Å². The number of benzene rings is 6. The molecule has 0 saturated carbocycles. The number of alkyl halides is 12. The average Bonchev–Trinajstić information content (AvgIpc) is 0.722. The quantitative estimate of drug-likeness (QED) is 0.00870. The van der Waals surface area contributed by atoms with Crippen molar-refractivity contribution in [1.29, 1.82) is 0 Å². The van der Waals surface area contributed by atoms with Crippen LogP contribution in [0.3, 0.4) is 0 Å². The second-order valence-electron chi connectivity index (χ2n) is 27.2. The van der Waals surface area contributed by atoms with E-state index in [4.69, 9.17) is 52.1 Å². The van der Waals surface area contributed by atoms with E-state index >= 15 is 0 Å². The normalized spacial score (nSPS) is 13.4. The first-order valence-corrected chi connectivity index (χ1v) is 36.7. The molecule has 6 aromatic carbocycles. The van der Waals surface area contributed by atoms with Gasteiger partial charge in [0.05, 0.1) is 35.0 Å². The van der Waals surface area contributed by atoms with Crippen LogP contribution in [0, 0.1) is 75.7 Å². The van der Waals surface area contributed by atoms with Crippen LogP contribution in [-0.2, 0) is 68.0 Å². The largest absolute Gasteiger partial charge is 0.490 e. The Morgan fingerprint density at radius 1 is 0.305 bits per heavy atom. The van der Waals surface area contributed by atoms with Crippen molar-refractivity contribution in [3.05, 3.63) is 178 Å². The lowest BCUT2D eigenvalue weighted by Gasteiger charge is -2.38. The van der Waals surface area contributed by atoms with E-state index in [9.17, 15) is 112 Å². The molecule has 0 radical (unpaired) electrons. The van der Waals surface area contributed by atoms with Crippen molar-refractivity contribution in [1.82, 2.24) is 0 Å². The third kappa shape index (κ3) is 25.8. The van der Waals surface area contributed by atoms with Crippen LogP contribution in [0.4, 0.5) is 83.4 Å². The number of carbonyl (C=O) groups is 6. The van der Waals surface area contributed by atoms with E-state index in [1.807, 2.05) is 0 Å². The number of esters is 6. The number of hydrogen-bond donors (Lipinski definition) is 0. The Labute approximate surface area is 666 Å². The topological polar surface area (TPSA) is 213 Å². The highest BCUT2D eigenvalue weighted by Gasteiger charge is 2.74. The fourth-order valence-corrected chi connectivity index (χ4v) is 11.5. The molecule has 18 nitrogen and oxygen atoms in total. The number of halogens is 19. The van der Waals surface area contributed by atoms with Gasteiger partial charge in [0.25, 0.3) is 0 Å². The molecular formula is C81H87F19O18. The van der Waals surface area contributed by atoms with E-state index < -0.39 is 183 Å². The van der Waals surface area contributed by atoms with E-state index in [1.54, 1.807) is 55.4 Å². The Hall–Kier alpha value is -10.4. The first kappa shape index (κ1) is 98.2. The van der Waals surface area contributed by atoms with Gasteiger partial charge >= 0.3 is 60.5 Å². The number of rotatable bonds is 42. The molecule has 118 heavy (non-hydrogen) atoms. The molecule has 652 valence electrons. The molecule has 6 aromatic rings. The maximum Gasteiger partial charge on any atom is 0.411 e. The van der Waals surface area contributed by atoms with Crippen molar-refractivity contribution in [3.8, 4) is 34.5 Å². The van der Waals surface area contributed by atoms with Gasteiger partial charge in [-0.25, -0.2) is 22.0 Å². The summed E-state index contributed by atoms with van der Waals surface area (Å²) < 4.78 is 331. The molecule has 0 spiro atoms. The molecule has 5 unspecified atom stereocenters. The highest BCUT2D eigenvalue weighted by atomic mass is 19.4. The Morgan fingerprint density at radius 2 is 0.576 bits per heavy atom. The summed E-state index contributed by atoms with van der Waals surface area (Å²) in [5.41, 5.74) is -14.6. The first-order valence-electron chi connectivity index (χ1n) is 36.7. The summed E-state index contributed by atoms with van der Waals surface area (Å²) >= 11 is 0. The second kappa shape index (κ2) is 43.9. The van der Waals surface area contributed by atoms with Crippen molar-refractivity contribution in [2.75, 3.05) is 79.3 Å². The third-order valence-corrected chi connectivity index (χ3v) is 18.5. The maximum absolute atomic E-state index is 14.6. The Bertz CT molecular complexity index is 4170. The minimum absolute atomic E-state index is 0.0269. The van der Waals surface area contributed by atoms with Gasteiger partial charge < -0.3 is 56.8 Å². The summed E-state index contributed by atoms with van der Waals surface area (Å²) in [7, 11) is 0. The highest BCUT2D eigenvalue weighted by molar-refractivity contribution is 5.79. The standard InChI is InChI=1S/C41H46F8O9.C40H41F11O9/c1-6-26(3)35(50)56-21-18-53-30-12-8-28(9-13-30)39(40(44,45)46,41(47,48)49)29-10-14-31(15-11-29)54-19-22-57-36(51)27(7-2)25-38(4,5)37(52)58-23-20-55-32-16-17-33(42)34(43)24-32;1-5-22(3)35(52)58-18-15-55-27-11-7-25(8-12-27)38(39(46,47)48,40(49,50)51)26-9-13-28(14-10-26)56-16-19-60-37(54)24(6-2)21-23(4)36(53)59-20-17-57-34-32(44)30(42)29(41)31(43)33(34)45/h8-17,24,26-27H,6-7,18-23,25H2,1-5H3;7-14,22-24H,5-6,15-21H2,1-4H3. The van der Waals surface area contributed by atoms with E-state index in [0.717, 1.165) is 60.7 Å². The zero-order chi connectivity index (χ0) is 88.3. The molecule has 37 heteroatoms. The van der Waals surface area contributed by atoms with Crippen molar-refractivity contribution < 1.29 is 169 Å². The molecule has 0 aliphatic rings. The lowest BCUT2D eigenvalue weighted by atomic mass is 9.73. The van der Waals surface area contributed by atoms with Crippen LogP contribution in [0.1, 0.15) is 123 Å². The number of hydrogen-bond acceptors (Lipinski definition) is 18. The van der Waals surface area contributed by atoms with Crippen LogP contribution in [0.15, 0.2) is 115 Å². The van der Waals surface area contributed by atoms with E-state index in [1.165, 1.54) is 13.0 Å². The fraction of sp³-hybridized carbons (Fsp3) is 0.481. The minimum atomic E-state index is -5.87. The zero-order valence-corrected chi connectivity index (χ0v) is 65.1. The summed E-state index contributed by atoms with van der Waals surface area (Å²) in [4.78, 5) is 74.2. The molecule has 0 fully saturated rings. The molecule has 0 amide bonds. The van der Waals surface area contributed by atoms with Crippen molar-refractivity contribution in [3.63, 3.8) is 0 Å². The summed E-state index contributed by atoms with van der Waals surface area (Å²) in [6.07, 6.45) is -22.0. The SMILES string of the molecule is CCC(C)C(=O)OCCOc1ccc(C(c2ccc(OCCOC(=O)C(CC)CC(C)(C)C(=O)OCCOc3ccc(F)c(F)c3)cc2)(C(F)(F)F)C(F)(F)F)cc1.CCC(C)C(=O)OCCOc1ccc(C(c2ccc(OCCOC(=O)C(CC)CC(C)C(=O)OCCOc3c(F)c(F)c(F)c(F)c3F)cc2)(C(F)(F)F)C(F)(F)F)cc1. The van der Waals surface area contributed by atoms with Crippen LogP contribution in [-0.4, -0.2) is 140 Å². The lowest BCUT2D eigenvalue weighted by molar-refractivity contribution is -0.290. The van der Waals surface area contributed by atoms with Gasteiger partial charge in [-0.3, -0.25) is 28.8 Å². The van der Waals surface area contributed by atoms with Crippen LogP contribution in [0.5, 0.6) is 34.5 Å². The molecule has 0 N–H and O–H groups in total. The van der Waals surface area contributed by atoms with E-state index in [-0.39, 0.29) is 126 Å².